The second kappa shape index (κ2) is 8.45. The SMILES string of the molecule is Cc1cc(Sc2[c-]c(N3C=CN(C)[CH-]3)ccc2)[c-]c(N2C=CN(C)[CH-]2)c1.[Pt+4]. The first-order valence-electron chi connectivity index (χ1n) is 8.38. The zero-order valence-corrected chi connectivity index (χ0v) is 18.5. The van der Waals surface area contributed by atoms with Gasteiger partial charge in [0, 0.05) is 0 Å². The fourth-order valence-corrected chi connectivity index (χ4v) is 3.75. The van der Waals surface area contributed by atoms with E-state index in [4.69, 9.17) is 0 Å². The van der Waals surface area contributed by atoms with E-state index in [0.29, 0.717) is 0 Å². The molecule has 0 unspecified atom stereocenters. The summed E-state index contributed by atoms with van der Waals surface area (Å²) < 4.78 is 0. The molecule has 0 atom stereocenters. The average molecular weight is 556 g/mol. The van der Waals surface area contributed by atoms with Gasteiger partial charge in [-0.2, -0.15) is 43.2 Å². The Hall–Kier alpha value is -1.84. The van der Waals surface area contributed by atoms with Crippen LogP contribution in [0.3, 0.4) is 0 Å². The van der Waals surface area contributed by atoms with Crippen LogP contribution >= 0.6 is 11.8 Å². The van der Waals surface area contributed by atoms with Gasteiger partial charge >= 0.3 is 21.1 Å². The smallest absolute Gasteiger partial charge is 0.510 e. The Morgan fingerprint density at radius 3 is 2.07 bits per heavy atom. The van der Waals surface area contributed by atoms with Gasteiger partial charge in [0.1, 0.15) is 0 Å². The van der Waals surface area contributed by atoms with E-state index in [9.17, 15) is 0 Å². The van der Waals surface area contributed by atoms with Crippen LogP contribution in [0.4, 0.5) is 11.4 Å². The Kier molecular flexibility index (Phi) is 6.23. The second-order valence-corrected chi connectivity index (χ2v) is 7.47. The third-order valence-corrected chi connectivity index (χ3v) is 4.94. The summed E-state index contributed by atoms with van der Waals surface area (Å²) >= 11 is 1.68. The normalized spacial score (nSPS) is 15.7. The molecule has 2 aromatic carbocycles. The number of aryl methyl sites for hydroxylation is 1. The van der Waals surface area contributed by atoms with Crippen LogP contribution in [0.1, 0.15) is 5.56 Å². The molecule has 4 nitrogen and oxygen atoms in total. The van der Waals surface area contributed by atoms with Gasteiger partial charge < -0.3 is 19.6 Å². The number of benzene rings is 2. The molecule has 0 fully saturated rings. The predicted octanol–water partition coefficient (Wildman–Crippen LogP) is 4.43. The Bertz CT molecular complexity index is 867. The minimum Gasteiger partial charge on any atom is -0.510 e. The molecule has 0 N–H and O–H groups in total. The largest absolute Gasteiger partial charge is 4.00 e. The van der Waals surface area contributed by atoms with Crippen LogP contribution in [0.15, 0.2) is 64.9 Å². The molecule has 27 heavy (non-hydrogen) atoms. The summed E-state index contributed by atoms with van der Waals surface area (Å²) in [7, 11) is 4.03. The van der Waals surface area contributed by atoms with Crippen molar-refractivity contribution in [2.45, 2.75) is 16.7 Å². The van der Waals surface area contributed by atoms with Crippen molar-refractivity contribution in [1.82, 2.24) is 9.80 Å². The maximum Gasteiger partial charge on any atom is 4.00 e. The molecule has 0 aliphatic carbocycles. The van der Waals surface area contributed by atoms with Gasteiger partial charge in [0.25, 0.3) is 0 Å². The molecule has 0 bridgehead atoms. The molecule has 4 rings (SSSR count). The van der Waals surface area contributed by atoms with Crippen molar-refractivity contribution < 1.29 is 21.1 Å². The van der Waals surface area contributed by atoms with E-state index in [1.807, 2.05) is 62.0 Å². The van der Waals surface area contributed by atoms with Crippen molar-refractivity contribution in [2.24, 2.45) is 0 Å². The van der Waals surface area contributed by atoms with E-state index < -0.39 is 0 Å². The van der Waals surface area contributed by atoms with Gasteiger partial charge in [-0.1, -0.05) is 6.92 Å². The van der Waals surface area contributed by atoms with Crippen molar-refractivity contribution in [3.63, 3.8) is 0 Å². The van der Waals surface area contributed by atoms with E-state index in [1.165, 1.54) is 5.56 Å². The molecule has 140 valence electrons. The molecule has 0 saturated heterocycles. The van der Waals surface area contributed by atoms with Gasteiger partial charge in [0.05, 0.1) is 0 Å². The Morgan fingerprint density at radius 1 is 0.815 bits per heavy atom. The molecule has 2 aliphatic rings. The number of rotatable bonds is 4. The summed E-state index contributed by atoms with van der Waals surface area (Å²) in [4.78, 5) is 10.3. The maximum atomic E-state index is 3.51. The van der Waals surface area contributed by atoms with Crippen LogP contribution in [-0.4, -0.2) is 23.9 Å². The topological polar surface area (TPSA) is 13.0 Å². The zero-order chi connectivity index (χ0) is 18.1. The first-order valence-corrected chi connectivity index (χ1v) is 9.20. The second-order valence-electron chi connectivity index (χ2n) is 6.38. The molecule has 2 aromatic rings. The van der Waals surface area contributed by atoms with Crippen LogP contribution in [0.5, 0.6) is 0 Å². The van der Waals surface area contributed by atoms with Crippen molar-refractivity contribution >= 4 is 23.1 Å². The monoisotopic (exact) mass is 555 g/mol. The summed E-state index contributed by atoms with van der Waals surface area (Å²) in [5.74, 6) is 0. The molecular formula is C21H20N4PtS. The van der Waals surface area contributed by atoms with Crippen LogP contribution in [0.2, 0.25) is 0 Å². The standard InChI is InChI=1S/C21H20N4S.Pt/c1-17-11-19(25-10-8-23(3)16-25)14-21(12-17)26-20-6-4-5-18(13-20)24-9-7-22(2)15-24;/h4-12,15-16H,1-3H3;/q-4;+4. The number of hydrogen-bond donors (Lipinski definition) is 0. The molecule has 0 saturated carbocycles. The van der Waals surface area contributed by atoms with Gasteiger partial charge in [-0.25, -0.2) is 0 Å². The summed E-state index contributed by atoms with van der Waals surface area (Å²) in [5.41, 5.74) is 3.29. The van der Waals surface area contributed by atoms with Gasteiger partial charge in [-0.15, -0.1) is 51.1 Å². The summed E-state index contributed by atoms with van der Waals surface area (Å²) in [5, 5.41) is 0. The van der Waals surface area contributed by atoms with Gasteiger partial charge in [0.2, 0.25) is 0 Å². The van der Waals surface area contributed by atoms with E-state index in [2.05, 4.69) is 59.2 Å². The molecule has 0 spiro atoms. The summed E-state index contributed by atoms with van der Waals surface area (Å²) in [6.45, 7) is 6.19. The quantitative estimate of drug-likeness (QED) is 0.517. The first kappa shape index (κ1) is 19.9. The zero-order valence-electron chi connectivity index (χ0n) is 15.4. The first-order chi connectivity index (χ1) is 12.6. The molecule has 2 aliphatic heterocycles. The van der Waals surface area contributed by atoms with E-state index >= 15 is 0 Å². The Labute approximate surface area is 180 Å². The van der Waals surface area contributed by atoms with Crippen LogP contribution in [0, 0.1) is 32.4 Å². The number of nitrogens with zero attached hydrogens (tertiary/aromatic N) is 4. The van der Waals surface area contributed by atoms with E-state index in [1.54, 1.807) is 11.8 Å². The fraction of sp³-hybridized carbons (Fsp3) is 0.143. The van der Waals surface area contributed by atoms with Crippen molar-refractivity contribution in [2.75, 3.05) is 23.9 Å². The summed E-state index contributed by atoms with van der Waals surface area (Å²) in [6, 6.07) is 17.5. The summed E-state index contributed by atoms with van der Waals surface area (Å²) in [6.07, 6.45) is 8.12. The minimum atomic E-state index is 0. The third-order valence-electron chi connectivity index (χ3n) is 4.04. The van der Waals surface area contributed by atoms with Gasteiger partial charge in [-0.3, -0.25) is 0 Å². The van der Waals surface area contributed by atoms with Crippen LogP contribution in [0.25, 0.3) is 0 Å². The fourth-order valence-electron chi connectivity index (χ4n) is 2.81. The number of hydrogen-bond acceptors (Lipinski definition) is 5. The van der Waals surface area contributed by atoms with Crippen molar-refractivity contribution in [3.05, 3.63) is 86.2 Å². The van der Waals surface area contributed by atoms with Gasteiger partial charge in [-0.05, 0) is 38.9 Å². The maximum absolute atomic E-state index is 3.51. The van der Waals surface area contributed by atoms with Crippen LogP contribution in [-0.2, 0) is 21.1 Å². The van der Waals surface area contributed by atoms with E-state index in [0.717, 1.165) is 21.2 Å². The van der Waals surface area contributed by atoms with Gasteiger partial charge in [0.15, 0.2) is 0 Å². The number of anilines is 2. The Morgan fingerprint density at radius 2 is 1.44 bits per heavy atom. The molecule has 0 radical (unpaired) electrons. The van der Waals surface area contributed by atoms with Crippen molar-refractivity contribution in [3.8, 4) is 0 Å². The van der Waals surface area contributed by atoms with Crippen molar-refractivity contribution in [1.29, 1.82) is 0 Å². The average Bonchev–Trinajstić information content (AvgIpc) is 3.23. The minimum absolute atomic E-state index is 0. The third kappa shape index (κ3) is 4.71. The molecule has 0 aromatic heterocycles. The Balaban J connectivity index is 0.00000210. The molecule has 0 amide bonds. The van der Waals surface area contributed by atoms with E-state index in [-0.39, 0.29) is 21.1 Å². The molecule has 2 heterocycles. The molecular weight excluding hydrogens is 535 g/mol. The predicted molar refractivity (Wildman–Crippen MR) is 107 cm³/mol. The molecule has 6 heteroatoms. The van der Waals surface area contributed by atoms with Crippen LogP contribution < -0.4 is 9.80 Å².